The largest absolute Gasteiger partial charge is 0.491 e. The zero-order valence-corrected chi connectivity index (χ0v) is 18.4. The summed E-state index contributed by atoms with van der Waals surface area (Å²) in [4.78, 5) is 4.49. The Bertz CT molecular complexity index is 1070. The number of fused-ring (bicyclic) bond motifs is 1. The molecule has 1 heterocycles. The van der Waals surface area contributed by atoms with E-state index in [0.29, 0.717) is 18.2 Å². The minimum absolute atomic E-state index is 0.0315. The molecule has 4 rings (SSSR count). The molecule has 0 aliphatic heterocycles. The number of aromatic nitrogens is 1. The summed E-state index contributed by atoms with van der Waals surface area (Å²) in [5, 5.41) is 23.7. The van der Waals surface area contributed by atoms with Gasteiger partial charge in [-0.1, -0.05) is 53.8 Å². The summed E-state index contributed by atoms with van der Waals surface area (Å²) in [5.41, 5.74) is 1.99. The molecule has 0 saturated heterocycles. The van der Waals surface area contributed by atoms with Crippen LogP contribution in [0.5, 0.6) is 16.7 Å². The summed E-state index contributed by atoms with van der Waals surface area (Å²) >= 11 is 1.51. The zero-order valence-electron chi connectivity index (χ0n) is 17.6. The lowest BCUT2D eigenvalue weighted by molar-refractivity contribution is 0.0997. The van der Waals surface area contributed by atoms with Gasteiger partial charge in [0.05, 0.1) is 16.8 Å². The highest BCUT2D eigenvalue weighted by atomic mass is 32.1. The summed E-state index contributed by atoms with van der Waals surface area (Å²) in [6.07, 6.45) is -0.0432. The van der Waals surface area contributed by atoms with Crippen molar-refractivity contribution in [1.29, 1.82) is 0 Å². The van der Waals surface area contributed by atoms with E-state index in [-0.39, 0.29) is 19.3 Å². The van der Waals surface area contributed by atoms with Crippen molar-refractivity contribution in [3.05, 3.63) is 84.4 Å². The zero-order chi connectivity index (χ0) is 22.2. The molecule has 0 aliphatic rings. The Morgan fingerprint density at radius 2 is 1.66 bits per heavy atom. The number of nitrogens with zero attached hydrogens (tertiary/aromatic N) is 1. The van der Waals surface area contributed by atoms with E-state index in [4.69, 9.17) is 9.47 Å². The van der Waals surface area contributed by atoms with Crippen molar-refractivity contribution in [3.63, 3.8) is 0 Å². The highest BCUT2D eigenvalue weighted by Crippen LogP contribution is 2.31. The number of ether oxygens (including phenoxy) is 2. The Labute approximate surface area is 191 Å². The quantitative estimate of drug-likeness (QED) is 0.320. The first kappa shape index (κ1) is 22.2. The predicted molar refractivity (Wildman–Crippen MR) is 127 cm³/mol. The number of aliphatic hydroxyl groups is 2. The molecule has 32 heavy (non-hydrogen) atoms. The smallest absolute Gasteiger partial charge is 0.279 e. The molecule has 0 bridgehead atoms. The summed E-state index contributed by atoms with van der Waals surface area (Å²) in [6.45, 7) is 0.486. The molecule has 6 nitrogen and oxygen atoms in total. The lowest BCUT2D eigenvalue weighted by atomic mass is 10.1. The summed E-state index contributed by atoms with van der Waals surface area (Å²) in [7, 11) is 0. The number of hydrogen-bond donors (Lipinski definition) is 3. The van der Waals surface area contributed by atoms with Crippen LogP contribution < -0.4 is 14.8 Å². The van der Waals surface area contributed by atoms with Crippen molar-refractivity contribution in [2.45, 2.75) is 18.6 Å². The summed E-state index contributed by atoms with van der Waals surface area (Å²) in [6, 6.07) is 24.9. The Balaban J connectivity index is 1.24. The number of para-hydroxylation sites is 2. The second kappa shape index (κ2) is 11.1. The third kappa shape index (κ3) is 6.27. The molecule has 166 valence electrons. The van der Waals surface area contributed by atoms with Crippen molar-refractivity contribution < 1.29 is 19.7 Å². The average Bonchev–Trinajstić information content (AvgIpc) is 3.24. The van der Waals surface area contributed by atoms with Gasteiger partial charge >= 0.3 is 0 Å². The molecule has 1 aromatic heterocycles. The fourth-order valence-electron chi connectivity index (χ4n) is 3.25. The molecule has 2 atom stereocenters. The van der Waals surface area contributed by atoms with Crippen LogP contribution in [0.4, 0.5) is 0 Å². The minimum atomic E-state index is -0.672. The first-order valence-electron chi connectivity index (χ1n) is 10.5. The maximum Gasteiger partial charge on any atom is 0.279 e. The van der Waals surface area contributed by atoms with E-state index in [1.165, 1.54) is 11.3 Å². The fourth-order valence-corrected chi connectivity index (χ4v) is 4.08. The monoisotopic (exact) mass is 450 g/mol. The second-order valence-electron chi connectivity index (χ2n) is 7.46. The highest BCUT2D eigenvalue weighted by molar-refractivity contribution is 7.20. The van der Waals surface area contributed by atoms with E-state index in [1.54, 1.807) is 0 Å². The van der Waals surface area contributed by atoms with Crippen LogP contribution in [0.2, 0.25) is 0 Å². The second-order valence-corrected chi connectivity index (χ2v) is 8.46. The predicted octanol–water partition coefficient (Wildman–Crippen LogP) is 4.02. The SMILES string of the molecule is OC[C@H](Cc1ccc(Oc2nc3ccccc3s2)cc1)NCC(O)COc1ccccc1. The first-order valence-corrected chi connectivity index (χ1v) is 11.3. The third-order valence-corrected chi connectivity index (χ3v) is 5.85. The molecule has 3 N–H and O–H groups in total. The van der Waals surface area contributed by atoms with Crippen molar-refractivity contribution in [2.24, 2.45) is 0 Å². The van der Waals surface area contributed by atoms with E-state index in [0.717, 1.165) is 27.3 Å². The standard InChI is InChI=1S/C25H26N2O4S/c28-16-19(26-15-20(29)17-30-21-6-2-1-3-7-21)14-18-10-12-22(13-11-18)31-25-27-23-8-4-5-9-24(23)32-25/h1-13,19-20,26,28-29H,14-17H2/t19-,20?/m0/s1. The van der Waals surface area contributed by atoms with Gasteiger partial charge in [-0.05, 0) is 48.4 Å². The molecule has 1 unspecified atom stereocenters. The van der Waals surface area contributed by atoms with Gasteiger partial charge in [0, 0.05) is 12.6 Å². The van der Waals surface area contributed by atoms with E-state index in [1.807, 2.05) is 78.9 Å². The van der Waals surface area contributed by atoms with Crippen molar-refractivity contribution in [1.82, 2.24) is 10.3 Å². The van der Waals surface area contributed by atoms with Crippen molar-refractivity contribution in [2.75, 3.05) is 19.8 Å². The van der Waals surface area contributed by atoms with E-state index < -0.39 is 6.10 Å². The molecule has 0 amide bonds. The Kier molecular flexibility index (Phi) is 7.68. The van der Waals surface area contributed by atoms with Crippen LogP contribution in [0.15, 0.2) is 78.9 Å². The lowest BCUT2D eigenvalue weighted by Gasteiger charge is -2.19. The van der Waals surface area contributed by atoms with Gasteiger partial charge < -0.3 is 25.0 Å². The number of thiazole rings is 1. The van der Waals surface area contributed by atoms with Crippen LogP contribution >= 0.6 is 11.3 Å². The summed E-state index contributed by atoms with van der Waals surface area (Å²) in [5.74, 6) is 1.44. The molecular formula is C25H26N2O4S. The van der Waals surface area contributed by atoms with Crippen LogP contribution in [-0.4, -0.2) is 47.1 Å². The van der Waals surface area contributed by atoms with Gasteiger partial charge in [0.2, 0.25) is 0 Å². The normalized spacial score (nSPS) is 13.1. The van der Waals surface area contributed by atoms with Crippen LogP contribution in [-0.2, 0) is 6.42 Å². The molecule has 3 aromatic carbocycles. The molecule has 0 saturated carbocycles. The minimum Gasteiger partial charge on any atom is -0.491 e. The van der Waals surface area contributed by atoms with Gasteiger partial charge in [-0.25, -0.2) is 4.98 Å². The van der Waals surface area contributed by atoms with Gasteiger partial charge in [-0.3, -0.25) is 0 Å². The van der Waals surface area contributed by atoms with Gasteiger partial charge in [0.15, 0.2) is 0 Å². The first-order chi connectivity index (χ1) is 15.7. The van der Waals surface area contributed by atoms with Crippen LogP contribution in [0, 0.1) is 0 Å². The molecule has 7 heteroatoms. The summed E-state index contributed by atoms with van der Waals surface area (Å²) < 4.78 is 12.5. The van der Waals surface area contributed by atoms with Gasteiger partial charge in [-0.2, -0.15) is 0 Å². The highest BCUT2D eigenvalue weighted by Gasteiger charge is 2.12. The number of rotatable bonds is 11. The maximum atomic E-state index is 10.2. The number of aliphatic hydroxyl groups excluding tert-OH is 2. The maximum absolute atomic E-state index is 10.2. The number of benzene rings is 3. The van der Waals surface area contributed by atoms with Crippen LogP contribution in [0.3, 0.4) is 0 Å². The number of hydrogen-bond acceptors (Lipinski definition) is 7. The average molecular weight is 451 g/mol. The van der Waals surface area contributed by atoms with E-state index >= 15 is 0 Å². The van der Waals surface area contributed by atoms with Crippen LogP contribution in [0.25, 0.3) is 10.2 Å². The molecular weight excluding hydrogens is 424 g/mol. The fraction of sp³-hybridized carbons (Fsp3) is 0.240. The number of nitrogens with one attached hydrogen (secondary N) is 1. The Hall–Kier alpha value is -2.97. The Morgan fingerprint density at radius 3 is 2.41 bits per heavy atom. The van der Waals surface area contributed by atoms with E-state index in [2.05, 4.69) is 10.3 Å². The van der Waals surface area contributed by atoms with Gasteiger partial charge in [0.25, 0.3) is 5.19 Å². The van der Waals surface area contributed by atoms with Crippen molar-refractivity contribution in [3.8, 4) is 16.7 Å². The molecule has 0 aliphatic carbocycles. The molecule has 0 spiro atoms. The van der Waals surface area contributed by atoms with Crippen LogP contribution in [0.1, 0.15) is 5.56 Å². The molecule has 0 radical (unpaired) electrons. The molecule has 4 aromatic rings. The lowest BCUT2D eigenvalue weighted by Crippen LogP contribution is -2.41. The van der Waals surface area contributed by atoms with Gasteiger partial charge in [0.1, 0.15) is 24.2 Å². The van der Waals surface area contributed by atoms with Crippen molar-refractivity contribution >= 4 is 21.6 Å². The van der Waals surface area contributed by atoms with Gasteiger partial charge in [-0.15, -0.1) is 0 Å². The topological polar surface area (TPSA) is 83.8 Å². The Morgan fingerprint density at radius 1 is 0.906 bits per heavy atom. The molecule has 0 fully saturated rings. The third-order valence-electron chi connectivity index (χ3n) is 4.93. The van der Waals surface area contributed by atoms with E-state index in [9.17, 15) is 10.2 Å².